The van der Waals surface area contributed by atoms with Gasteiger partial charge in [-0.2, -0.15) is 0 Å². The van der Waals surface area contributed by atoms with E-state index in [9.17, 15) is 9.18 Å². The maximum atomic E-state index is 13.0. The van der Waals surface area contributed by atoms with Gasteiger partial charge in [-0.25, -0.2) is 9.37 Å². The normalized spacial score (nSPS) is 10.9. The second-order valence-corrected chi connectivity index (χ2v) is 4.90. The Kier molecular flexibility index (Phi) is 3.03. The standard InChI is InChI=1S/C15H10ClFN2O/c1-19-14(9-2-5-11(17)6-3-9)18-13-8-10(16)4-7-12(13)15(19)20/h2-8H,1H3. The van der Waals surface area contributed by atoms with Crippen molar-refractivity contribution >= 4 is 22.5 Å². The smallest absolute Gasteiger partial charge is 0.261 e. The number of benzene rings is 2. The first-order valence-corrected chi connectivity index (χ1v) is 6.36. The van der Waals surface area contributed by atoms with E-state index in [1.54, 1.807) is 37.4 Å². The molecule has 5 heteroatoms. The minimum Gasteiger partial charge on any atom is -0.295 e. The molecule has 0 bridgehead atoms. The van der Waals surface area contributed by atoms with E-state index in [1.807, 2.05) is 0 Å². The van der Waals surface area contributed by atoms with Crippen LogP contribution in [0.3, 0.4) is 0 Å². The predicted octanol–water partition coefficient (Wildman–Crippen LogP) is 3.39. The molecule has 0 saturated heterocycles. The summed E-state index contributed by atoms with van der Waals surface area (Å²) < 4.78 is 14.4. The lowest BCUT2D eigenvalue weighted by atomic mass is 10.2. The summed E-state index contributed by atoms with van der Waals surface area (Å²) in [6.07, 6.45) is 0. The minimum absolute atomic E-state index is 0.161. The van der Waals surface area contributed by atoms with E-state index in [1.165, 1.54) is 16.7 Å². The zero-order valence-corrected chi connectivity index (χ0v) is 11.4. The van der Waals surface area contributed by atoms with Gasteiger partial charge in [0.1, 0.15) is 11.6 Å². The van der Waals surface area contributed by atoms with Crippen LogP contribution in [0, 0.1) is 5.82 Å². The number of fused-ring (bicyclic) bond motifs is 1. The van der Waals surface area contributed by atoms with E-state index in [0.717, 1.165) is 0 Å². The highest BCUT2D eigenvalue weighted by Crippen LogP contribution is 2.20. The van der Waals surface area contributed by atoms with Crippen LogP contribution >= 0.6 is 11.6 Å². The number of hydrogen-bond donors (Lipinski definition) is 0. The van der Waals surface area contributed by atoms with Gasteiger partial charge in [0.2, 0.25) is 0 Å². The molecule has 0 radical (unpaired) electrons. The molecule has 0 fully saturated rings. The van der Waals surface area contributed by atoms with Gasteiger partial charge in [-0.1, -0.05) is 11.6 Å². The lowest BCUT2D eigenvalue weighted by Crippen LogP contribution is -2.20. The summed E-state index contributed by atoms with van der Waals surface area (Å²) in [5, 5.41) is 1.02. The summed E-state index contributed by atoms with van der Waals surface area (Å²) in [5.74, 6) is 0.146. The Bertz CT molecular complexity index is 856. The molecule has 0 aliphatic carbocycles. The molecule has 0 saturated carbocycles. The largest absolute Gasteiger partial charge is 0.295 e. The Morgan fingerprint density at radius 2 is 1.85 bits per heavy atom. The van der Waals surface area contributed by atoms with Gasteiger partial charge >= 0.3 is 0 Å². The van der Waals surface area contributed by atoms with Gasteiger partial charge in [0, 0.05) is 17.6 Å². The molecule has 0 aliphatic rings. The Balaban J connectivity index is 2.33. The Hall–Kier alpha value is -2.20. The highest BCUT2D eigenvalue weighted by molar-refractivity contribution is 6.31. The molecule has 0 unspecified atom stereocenters. The van der Waals surface area contributed by atoms with E-state index >= 15 is 0 Å². The third-order valence-corrected chi connectivity index (χ3v) is 3.38. The van der Waals surface area contributed by atoms with Crippen LogP contribution in [0.1, 0.15) is 0 Å². The van der Waals surface area contributed by atoms with Crippen molar-refractivity contribution in [3.63, 3.8) is 0 Å². The highest BCUT2D eigenvalue weighted by Gasteiger charge is 2.10. The van der Waals surface area contributed by atoms with Gasteiger partial charge in [0.25, 0.3) is 5.56 Å². The zero-order chi connectivity index (χ0) is 14.3. The van der Waals surface area contributed by atoms with Crippen LogP contribution < -0.4 is 5.56 Å². The summed E-state index contributed by atoms with van der Waals surface area (Å²) in [6, 6.07) is 10.8. The molecule has 3 nitrogen and oxygen atoms in total. The molecule has 1 aromatic heterocycles. The van der Waals surface area contributed by atoms with E-state index in [-0.39, 0.29) is 11.4 Å². The first-order chi connectivity index (χ1) is 9.56. The van der Waals surface area contributed by atoms with Crippen molar-refractivity contribution < 1.29 is 4.39 Å². The van der Waals surface area contributed by atoms with Crippen molar-refractivity contribution in [1.29, 1.82) is 0 Å². The second-order valence-electron chi connectivity index (χ2n) is 4.47. The van der Waals surface area contributed by atoms with Gasteiger partial charge in [0.15, 0.2) is 0 Å². The Morgan fingerprint density at radius 1 is 1.15 bits per heavy atom. The molecule has 100 valence electrons. The fourth-order valence-corrected chi connectivity index (χ4v) is 2.27. The molecule has 3 rings (SSSR count). The van der Waals surface area contributed by atoms with E-state index in [4.69, 9.17) is 11.6 Å². The van der Waals surface area contributed by atoms with Crippen molar-refractivity contribution in [3.8, 4) is 11.4 Å². The SMILES string of the molecule is Cn1c(-c2ccc(F)cc2)nc2cc(Cl)ccc2c1=O. The van der Waals surface area contributed by atoms with Crippen LogP contribution in [0.5, 0.6) is 0 Å². The molecular weight excluding hydrogens is 279 g/mol. The summed E-state index contributed by atoms with van der Waals surface area (Å²) >= 11 is 5.93. The lowest BCUT2D eigenvalue weighted by Gasteiger charge is -2.09. The molecule has 0 spiro atoms. The highest BCUT2D eigenvalue weighted by atomic mass is 35.5. The van der Waals surface area contributed by atoms with Crippen LogP contribution in [0.2, 0.25) is 5.02 Å². The molecule has 0 aliphatic heterocycles. The summed E-state index contributed by atoms with van der Waals surface area (Å²) in [5.41, 5.74) is 1.04. The third-order valence-electron chi connectivity index (χ3n) is 3.14. The zero-order valence-electron chi connectivity index (χ0n) is 10.6. The molecule has 0 N–H and O–H groups in total. The topological polar surface area (TPSA) is 34.9 Å². The van der Waals surface area contributed by atoms with Crippen molar-refractivity contribution in [2.45, 2.75) is 0 Å². The quantitative estimate of drug-likeness (QED) is 0.688. The van der Waals surface area contributed by atoms with E-state index < -0.39 is 0 Å². The Morgan fingerprint density at radius 3 is 2.55 bits per heavy atom. The van der Waals surface area contributed by atoms with Crippen LogP contribution in [0.25, 0.3) is 22.3 Å². The average Bonchev–Trinajstić information content (AvgIpc) is 2.44. The number of halogens is 2. The van der Waals surface area contributed by atoms with Gasteiger partial charge in [-0.05, 0) is 42.5 Å². The van der Waals surface area contributed by atoms with Crippen molar-refractivity contribution in [1.82, 2.24) is 9.55 Å². The molecule has 2 aromatic carbocycles. The van der Waals surface area contributed by atoms with Gasteiger partial charge in [-0.3, -0.25) is 9.36 Å². The third kappa shape index (κ3) is 2.08. The molecule has 0 amide bonds. The summed E-state index contributed by atoms with van der Waals surface area (Å²) in [6.45, 7) is 0. The predicted molar refractivity (Wildman–Crippen MR) is 77.4 cm³/mol. The molecule has 20 heavy (non-hydrogen) atoms. The second kappa shape index (κ2) is 4.72. The van der Waals surface area contributed by atoms with Crippen LogP contribution in [-0.4, -0.2) is 9.55 Å². The lowest BCUT2D eigenvalue weighted by molar-refractivity contribution is 0.628. The van der Waals surface area contributed by atoms with Crippen LogP contribution in [-0.2, 0) is 7.05 Å². The maximum absolute atomic E-state index is 13.0. The fraction of sp³-hybridized carbons (Fsp3) is 0.0667. The van der Waals surface area contributed by atoms with E-state index in [2.05, 4.69) is 4.98 Å². The maximum Gasteiger partial charge on any atom is 0.261 e. The van der Waals surface area contributed by atoms with Gasteiger partial charge in [0.05, 0.1) is 10.9 Å². The van der Waals surface area contributed by atoms with Crippen molar-refractivity contribution in [3.05, 3.63) is 63.7 Å². The molecule has 0 atom stereocenters. The Labute approximate surface area is 119 Å². The molecule has 1 heterocycles. The van der Waals surface area contributed by atoms with Crippen LogP contribution in [0.4, 0.5) is 4.39 Å². The first-order valence-electron chi connectivity index (χ1n) is 5.98. The monoisotopic (exact) mass is 288 g/mol. The number of nitrogens with zero attached hydrogens (tertiary/aromatic N) is 2. The summed E-state index contributed by atoms with van der Waals surface area (Å²) in [7, 11) is 1.64. The van der Waals surface area contributed by atoms with Gasteiger partial charge in [-0.15, -0.1) is 0 Å². The minimum atomic E-state index is -0.331. The van der Waals surface area contributed by atoms with Crippen molar-refractivity contribution in [2.75, 3.05) is 0 Å². The first kappa shape index (κ1) is 12.8. The summed E-state index contributed by atoms with van der Waals surface area (Å²) in [4.78, 5) is 16.8. The molecular formula is C15H10ClFN2O. The van der Waals surface area contributed by atoms with Crippen LogP contribution in [0.15, 0.2) is 47.3 Å². The number of rotatable bonds is 1. The fourth-order valence-electron chi connectivity index (χ4n) is 2.10. The van der Waals surface area contributed by atoms with Crippen molar-refractivity contribution in [2.24, 2.45) is 7.05 Å². The molecule has 3 aromatic rings. The average molecular weight is 289 g/mol. The number of aromatic nitrogens is 2. The number of hydrogen-bond acceptors (Lipinski definition) is 2. The van der Waals surface area contributed by atoms with E-state index in [0.29, 0.717) is 27.3 Å². The van der Waals surface area contributed by atoms with Gasteiger partial charge < -0.3 is 0 Å².